The molecule has 0 amide bonds. The minimum absolute atomic E-state index is 0.452. The average molecular weight is 427 g/mol. The zero-order chi connectivity index (χ0) is 22.2. The van der Waals surface area contributed by atoms with E-state index in [0.717, 1.165) is 41.3 Å². The Kier molecular flexibility index (Phi) is 4.99. The maximum absolute atomic E-state index is 4.95. The Morgan fingerprint density at radius 1 is 0.545 bits per heavy atom. The number of hydrogen-bond acceptors (Lipinski definition) is 2. The molecular formula is C31H26N2. The van der Waals surface area contributed by atoms with Crippen molar-refractivity contribution in [3.63, 3.8) is 0 Å². The largest absolute Gasteiger partial charge is 0.248 e. The van der Waals surface area contributed by atoms with Crippen molar-refractivity contribution in [1.82, 2.24) is 9.97 Å². The fraction of sp³-hybridized carbons (Fsp3) is 0.161. The molecule has 0 aliphatic carbocycles. The average Bonchev–Trinajstić information content (AvgIpc) is 2.87. The molecule has 0 bridgehead atoms. The first-order valence-electron chi connectivity index (χ1n) is 11.9. The van der Waals surface area contributed by atoms with Gasteiger partial charge < -0.3 is 0 Å². The van der Waals surface area contributed by atoms with Crippen LogP contribution in [0.1, 0.15) is 36.8 Å². The first-order chi connectivity index (χ1) is 16.3. The zero-order valence-corrected chi connectivity index (χ0v) is 18.8. The number of aryl methyl sites for hydroxylation is 1. The Hall–Kier alpha value is -3.78. The molecule has 0 saturated carbocycles. The highest BCUT2D eigenvalue weighted by atomic mass is 14.7. The zero-order valence-electron chi connectivity index (χ0n) is 18.8. The van der Waals surface area contributed by atoms with Crippen LogP contribution < -0.4 is 0 Å². The molecule has 160 valence electrons. The predicted molar refractivity (Wildman–Crippen MR) is 140 cm³/mol. The first-order valence-corrected chi connectivity index (χ1v) is 11.9. The van der Waals surface area contributed by atoms with E-state index in [-0.39, 0.29) is 0 Å². The van der Waals surface area contributed by atoms with Crippen LogP contribution >= 0.6 is 0 Å². The highest BCUT2D eigenvalue weighted by Crippen LogP contribution is 2.37. The number of para-hydroxylation sites is 4. The van der Waals surface area contributed by atoms with Gasteiger partial charge in [0.1, 0.15) is 0 Å². The standard InChI is InChI=1S/C31H26N2/c1-2-21(31-25-13-5-9-17-29(25)33-30-18-10-6-14-26(30)31)19-20-22-23-11-3-7-15-27(23)32-28-16-8-4-12-24(22)28/h3-18,21H,2,19-20H2,1H3. The Labute approximate surface area is 193 Å². The van der Waals surface area contributed by atoms with Crippen molar-refractivity contribution in [3.05, 3.63) is 108 Å². The molecule has 1 atom stereocenters. The molecule has 2 nitrogen and oxygen atoms in total. The maximum Gasteiger partial charge on any atom is 0.0712 e. The van der Waals surface area contributed by atoms with Crippen molar-refractivity contribution in [3.8, 4) is 0 Å². The third-order valence-electron chi connectivity index (χ3n) is 6.97. The second kappa shape index (κ2) is 8.29. The van der Waals surface area contributed by atoms with Gasteiger partial charge in [0, 0.05) is 21.5 Å². The molecule has 2 heterocycles. The lowest BCUT2D eigenvalue weighted by Crippen LogP contribution is -2.04. The van der Waals surface area contributed by atoms with E-state index in [1.165, 1.54) is 32.7 Å². The number of hydrogen-bond donors (Lipinski definition) is 0. The highest BCUT2D eigenvalue weighted by Gasteiger charge is 2.19. The molecule has 6 aromatic rings. The van der Waals surface area contributed by atoms with Gasteiger partial charge in [0.2, 0.25) is 0 Å². The summed E-state index contributed by atoms with van der Waals surface area (Å²) in [7, 11) is 0. The number of fused-ring (bicyclic) bond motifs is 4. The third kappa shape index (κ3) is 3.43. The van der Waals surface area contributed by atoms with Crippen LogP contribution in [-0.4, -0.2) is 9.97 Å². The molecule has 4 aromatic carbocycles. The molecule has 0 spiro atoms. The van der Waals surface area contributed by atoms with Crippen molar-refractivity contribution >= 4 is 43.6 Å². The Morgan fingerprint density at radius 3 is 1.39 bits per heavy atom. The van der Waals surface area contributed by atoms with E-state index in [1.54, 1.807) is 0 Å². The second-order valence-corrected chi connectivity index (χ2v) is 8.83. The Morgan fingerprint density at radius 2 is 0.939 bits per heavy atom. The van der Waals surface area contributed by atoms with Crippen LogP contribution in [0.2, 0.25) is 0 Å². The Bertz CT molecular complexity index is 1510. The molecule has 0 radical (unpaired) electrons. The SMILES string of the molecule is CCC(CCc1c2ccccc2nc2ccccc12)c1c2ccccc2nc2ccccc12. The van der Waals surface area contributed by atoms with E-state index in [4.69, 9.17) is 9.97 Å². The summed E-state index contributed by atoms with van der Waals surface area (Å²) in [6, 6.07) is 34.3. The van der Waals surface area contributed by atoms with Gasteiger partial charge in [-0.1, -0.05) is 79.7 Å². The lowest BCUT2D eigenvalue weighted by atomic mass is 9.84. The van der Waals surface area contributed by atoms with E-state index in [1.807, 2.05) is 0 Å². The number of benzene rings is 4. The van der Waals surface area contributed by atoms with Gasteiger partial charge in [-0.15, -0.1) is 0 Å². The van der Waals surface area contributed by atoms with E-state index in [0.29, 0.717) is 5.92 Å². The van der Waals surface area contributed by atoms with Crippen molar-refractivity contribution in [2.45, 2.75) is 32.1 Å². The quantitative estimate of drug-likeness (QED) is 0.260. The van der Waals surface area contributed by atoms with E-state index < -0.39 is 0 Å². The summed E-state index contributed by atoms with van der Waals surface area (Å²) in [5.41, 5.74) is 7.20. The van der Waals surface area contributed by atoms with Crippen molar-refractivity contribution < 1.29 is 0 Å². The molecular weight excluding hydrogens is 400 g/mol. The van der Waals surface area contributed by atoms with E-state index >= 15 is 0 Å². The lowest BCUT2D eigenvalue weighted by molar-refractivity contribution is 0.616. The van der Waals surface area contributed by atoms with E-state index in [9.17, 15) is 0 Å². The number of pyridine rings is 2. The summed E-state index contributed by atoms with van der Waals surface area (Å²) in [5, 5.41) is 5.12. The van der Waals surface area contributed by atoms with Crippen LogP contribution in [0, 0.1) is 0 Å². The van der Waals surface area contributed by atoms with Gasteiger partial charge in [-0.2, -0.15) is 0 Å². The predicted octanol–water partition coefficient (Wildman–Crippen LogP) is 8.22. The van der Waals surface area contributed by atoms with Gasteiger partial charge in [-0.05, 0) is 60.6 Å². The summed E-state index contributed by atoms with van der Waals surface area (Å²) in [6.45, 7) is 2.32. The van der Waals surface area contributed by atoms with Gasteiger partial charge in [0.05, 0.1) is 22.1 Å². The van der Waals surface area contributed by atoms with Crippen molar-refractivity contribution in [2.24, 2.45) is 0 Å². The van der Waals surface area contributed by atoms with Crippen LogP contribution in [0.3, 0.4) is 0 Å². The molecule has 0 saturated heterocycles. The minimum atomic E-state index is 0.452. The smallest absolute Gasteiger partial charge is 0.0712 e. The van der Waals surface area contributed by atoms with Crippen LogP contribution in [0.5, 0.6) is 0 Å². The minimum Gasteiger partial charge on any atom is -0.248 e. The normalized spacial score (nSPS) is 12.6. The molecule has 0 aliphatic heterocycles. The van der Waals surface area contributed by atoms with Gasteiger partial charge in [-0.3, -0.25) is 0 Å². The second-order valence-electron chi connectivity index (χ2n) is 8.83. The van der Waals surface area contributed by atoms with Crippen LogP contribution in [0.4, 0.5) is 0 Å². The topological polar surface area (TPSA) is 25.8 Å². The highest BCUT2D eigenvalue weighted by molar-refractivity contribution is 5.99. The van der Waals surface area contributed by atoms with Gasteiger partial charge in [0.25, 0.3) is 0 Å². The summed E-state index contributed by atoms with van der Waals surface area (Å²) < 4.78 is 0. The number of nitrogens with zero attached hydrogens (tertiary/aromatic N) is 2. The maximum atomic E-state index is 4.95. The van der Waals surface area contributed by atoms with Gasteiger partial charge in [-0.25, -0.2) is 9.97 Å². The van der Waals surface area contributed by atoms with Crippen LogP contribution in [0.15, 0.2) is 97.1 Å². The number of rotatable bonds is 5. The molecule has 1 unspecified atom stereocenters. The van der Waals surface area contributed by atoms with Gasteiger partial charge >= 0.3 is 0 Å². The van der Waals surface area contributed by atoms with Crippen LogP contribution in [0.25, 0.3) is 43.6 Å². The summed E-state index contributed by atoms with van der Waals surface area (Å²) in [5.74, 6) is 0.452. The van der Waals surface area contributed by atoms with Crippen molar-refractivity contribution in [2.75, 3.05) is 0 Å². The third-order valence-corrected chi connectivity index (χ3v) is 6.97. The van der Waals surface area contributed by atoms with Crippen LogP contribution in [-0.2, 0) is 6.42 Å². The fourth-order valence-corrected chi connectivity index (χ4v) is 5.38. The summed E-state index contributed by atoms with van der Waals surface area (Å²) in [4.78, 5) is 9.86. The van der Waals surface area contributed by atoms with Gasteiger partial charge in [0.15, 0.2) is 0 Å². The number of aromatic nitrogens is 2. The monoisotopic (exact) mass is 426 g/mol. The summed E-state index contributed by atoms with van der Waals surface area (Å²) in [6.07, 6.45) is 3.21. The molecule has 0 aliphatic rings. The summed E-state index contributed by atoms with van der Waals surface area (Å²) >= 11 is 0. The van der Waals surface area contributed by atoms with Crippen molar-refractivity contribution in [1.29, 1.82) is 0 Å². The van der Waals surface area contributed by atoms with E-state index in [2.05, 4.69) is 104 Å². The lowest BCUT2D eigenvalue weighted by Gasteiger charge is -2.21. The Balaban J connectivity index is 1.49. The molecule has 6 rings (SSSR count). The fourth-order valence-electron chi connectivity index (χ4n) is 5.38. The molecule has 2 heteroatoms. The first kappa shape index (κ1) is 19.9. The molecule has 0 N–H and O–H groups in total. The molecule has 0 fully saturated rings. The molecule has 2 aromatic heterocycles. The molecule has 33 heavy (non-hydrogen) atoms.